The molecule has 0 aliphatic heterocycles. The van der Waals surface area contributed by atoms with Crippen molar-refractivity contribution in [1.82, 2.24) is 4.90 Å². The molecular formula is C21H32N2O6S. The van der Waals surface area contributed by atoms with E-state index in [1.54, 1.807) is 13.8 Å². The second-order valence-corrected chi connectivity index (χ2v) is 8.39. The third-order valence-electron chi connectivity index (χ3n) is 5.18. The molecule has 1 saturated carbocycles. The number of methoxy groups -OCH3 is 1. The van der Waals surface area contributed by atoms with Gasteiger partial charge in [0, 0.05) is 13.2 Å². The van der Waals surface area contributed by atoms with E-state index in [9.17, 15) is 14.4 Å². The monoisotopic (exact) mass is 440 g/mol. The van der Waals surface area contributed by atoms with Crippen LogP contribution < -0.4 is 5.32 Å². The number of carbonyl (C=O) groups is 3. The van der Waals surface area contributed by atoms with Crippen LogP contribution in [0.3, 0.4) is 0 Å². The number of thiophene rings is 1. The summed E-state index contributed by atoms with van der Waals surface area (Å²) in [4.78, 5) is 39.9. The van der Waals surface area contributed by atoms with E-state index in [1.165, 1.54) is 26.4 Å². The van der Waals surface area contributed by atoms with E-state index < -0.39 is 11.9 Å². The van der Waals surface area contributed by atoms with Gasteiger partial charge in [-0.25, -0.2) is 9.59 Å². The number of hydrogen-bond donors (Lipinski definition) is 1. The quantitative estimate of drug-likeness (QED) is 0.441. The topological polar surface area (TPSA) is 94.2 Å². The lowest BCUT2D eigenvalue weighted by molar-refractivity contribution is -0.117. The first-order valence-corrected chi connectivity index (χ1v) is 11.2. The highest BCUT2D eigenvalue weighted by atomic mass is 32.1. The van der Waals surface area contributed by atoms with Gasteiger partial charge in [-0.3, -0.25) is 9.69 Å². The molecule has 1 heterocycles. The second-order valence-electron chi connectivity index (χ2n) is 7.36. The first kappa shape index (κ1) is 24.3. The molecule has 0 saturated heterocycles. The number of rotatable bonds is 10. The first-order valence-electron chi connectivity index (χ1n) is 10.4. The lowest BCUT2D eigenvalue weighted by Gasteiger charge is -2.30. The third kappa shape index (κ3) is 6.52. The average molecular weight is 441 g/mol. The van der Waals surface area contributed by atoms with Gasteiger partial charge in [0.25, 0.3) is 0 Å². The van der Waals surface area contributed by atoms with Crippen molar-refractivity contribution in [2.75, 3.05) is 45.8 Å². The summed E-state index contributed by atoms with van der Waals surface area (Å²) >= 11 is 1.03. The fraction of sp³-hybridized carbons (Fsp3) is 0.667. The molecule has 0 aromatic carbocycles. The molecular weight excluding hydrogens is 408 g/mol. The van der Waals surface area contributed by atoms with E-state index in [-0.39, 0.29) is 42.7 Å². The van der Waals surface area contributed by atoms with Crippen LogP contribution >= 0.6 is 11.3 Å². The Morgan fingerprint density at radius 3 is 2.43 bits per heavy atom. The number of esters is 2. The van der Waals surface area contributed by atoms with Crippen molar-refractivity contribution in [2.45, 2.75) is 52.0 Å². The molecule has 1 aliphatic carbocycles. The Labute approximate surface area is 181 Å². The Morgan fingerprint density at radius 1 is 1.10 bits per heavy atom. The SMILES string of the molecule is CCOC(=O)c1c(NC(=O)CN(C)C2CCCCC2)sc(C(=O)OCCOC)c1C. The molecule has 0 radical (unpaired) electrons. The van der Waals surface area contributed by atoms with Crippen molar-refractivity contribution < 1.29 is 28.6 Å². The Balaban J connectivity index is 2.15. The molecule has 1 aromatic heterocycles. The fourth-order valence-electron chi connectivity index (χ4n) is 3.57. The van der Waals surface area contributed by atoms with E-state index in [2.05, 4.69) is 10.2 Å². The number of carbonyl (C=O) groups excluding carboxylic acids is 3. The third-order valence-corrected chi connectivity index (χ3v) is 6.36. The van der Waals surface area contributed by atoms with Gasteiger partial charge in [0.1, 0.15) is 16.5 Å². The van der Waals surface area contributed by atoms with Crippen molar-refractivity contribution in [3.63, 3.8) is 0 Å². The van der Waals surface area contributed by atoms with Gasteiger partial charge in [0.05, 0.1) is 25.3 Å². The molecule has 2 rings (SSSR count). The predicted octanol–water partition coefficient (Wildman–Crippen LogP) is 3.24. The molecule has 8 nitrogen and oxygen atoms in total. The second kappa shape index (κ2) is 12.0. The summed E-state index contributed by atoms with van der Waals surface area (Å²) in [6.45, 7) is 4.15. The summed E-state index contributed by atoms with van der Waals surface area (Å²) < 4.78 is 15.2. The van der Waals surface area contributed by atoms with Gasteiger partial charge in [-0.1, -0.05) is 19.3 Å². The van der Waals surface area contributed by atoms with Crippen LogP contribution in [0, 0.1) is 6.92 Å². The standard InChI is InChI=1S/C21H32N2O6S/c1-5-28-20(25)17-14(2)18(21(26)29-12-11-27-4)30-19(17)22-16(24)13-23(3)15-9-7-6-8-10-15/h15H,5-13H2,1-4H3,(H,22,24). The maximum Gasteiger partial charge on any atom is 0.348 e. The predicted molar refractivity (Wildman–Crippen MR) is 115 cm³/mol. The molecule has 1 fully saturated rings. The lowest BCUT2D eigenvalue weighted by atomic mass is 9.94. The van der Waals surface area contributed by atoms with Crippen LogP contribution in [0.4, 0.5) is 5.00 Å². The number of nitrogens with one attached hydrogen (secondary N) is 1. The molecule has 1 aromatic rings. The molecule has 9 heteroatoms. The molecule has 1 aliphatic rings. The van der Waals surface area contributed by atoms with Gasteiger partial charge in [0.2, 0.25) is 5.91 Å². The fourth-order valence-corrected chi connectivity index (χ4v) is 4.68. The van der Waals surface area contributed by atoms with Crippen molar-refractivity contribution in [2.24, 2.45) is 0 Å². The molecule has 0 unspecified atom stereocenters. The van der Waals surface area contributed by atoms with Crippen LogP contribution in [-0.4, -0.2) is 69.3 Å². The zero-order chi connectivity index (χ0) is 22.1. The van der Waals surface area contributed by atoms with Crippen molar-refractivity contribution >= 4 is 34.2 Å². The van der Waals surface area contributed by atoms with Crippen molar-refractivity contribution in [3.05, 3.63) is 16.0 Å². The molecule has 0 bridgehead atoms. The van der Waals surface area contributed by atoms with E-state index in [1.807, 2.05) is 7.05 Å². The van der Waals surface area contributed by atoms with Gasteiger partial charge >= 0.3 is 11.9 Å². The maximum atomic E-state index is 12.7. The summed E-state index contributed by atoms with van der Waals surface area (Å²) in [7, 11) is 3.46. The number of likely N-dealkylation sites (N-methyl/N-ethyl adjacent to an activating group) is 1. The van der Waals surface area contributed by atoms with Crippen LogP contribution in [0.15, 0.2) is 0 Å². The first-order chi connectivity index (χ1) is 14.4. The molecule has 1 amide bonds. The number of ether oxygens (including phenoxy) is 3. The Kier molecular flexibility index (Phi) is 9.74. The largest absolute Gasteiger partial charge is 0.462 e. The van der Waals surface area contributed by atoms with Gasteiger partial charge in [0.15, 0.2) is 0 Å². The Morgan fingerprint density at radius 2 is 1.80 bits per heavy atom. The highest BCUT2D eigenvalue weighted by Gasteiger charge is 2.28. The summed E-state index contributed by atoms with van der Waals surface area (Å²) in [5.74, 6) is -1.35. The maximum absolute atomic E-state index is 12.7. The number of hydrogen-bond acceptors (Lipinski definition) is 8. The zero-order valence-electron chi connectivity index (χ0n) is 18.2. The van der Waals surface area contributed by atoms with Crippen LogP contribution in [-0.2, 0) is 19.0 Å². The van der Waals surface area contributed by atoms with Crippen LogP contribution in [0.5, 0.6) is 0 Å². The number of amides is 1. The summed E-state index contributed by atoms with van der Waals surface area (Å²) in [6.07, 6.45) is 5.79. The number of anilines is 1. The average Bonchev–Trinajstić information content (AvgIpc) is 3.04. The smallest absolute Gasteiger partial charge is 0.348 e. The molecule has 0 spiro atoms. The minimum atomic E-state index is -0.571. The van der Waals surface area contributed by atoms with E-state index >= 15 is 0 Å². The minimum Gasteiger partial charge on any atom is -0.462 e. The van der Waals surface area contributed by atoms with E-state index in [0.717, 1.165) is 24.2 Å². The zero-order valence-corrected chi connectivity index (χ0v) is 19.1. The van der Waals surface area contributed by atoms with Crippen molar-refractivity contribution in [1.29, 1.82) is 0 Å². The molecule has 30 heavy (non-hydrogen) atoms. The Bertz CT molecular complexity index is 742. The van der Waals surface area contributed by atoms with E-state index in [0.29, 0.717) is 16.6 Å². The van der Waals surface area contributed by atoms with E-state index in [4.69, 9.17) is 14.2 Å². The van der Waals surface area contributed by atoms with Gasteiger partial charge in [-0.2, -0.15) is 0 Å². The summed E-state index contributed by atoms with van der Waals surface area (Å²) in [6, 6.07) is 0.394. The highest BCUT2D eigenvalue weighted by Crippen LogP contribution is 2.34. The minimum absolute atomic E-state index is 0.106. The number of nitrogens with zero attached hydrogens (tertiary/aromatic N) is 1. The highest BCUT2D eigenvalue weighted by molar-refractivity contribution is 7.18. The molecule has 168 valence electrons. The van der Waals surface area contributed by atoms with Crippen molar-refractivity contribution in [3.8, 4) is 0 Å². The van der Waals surface area contributed by atoms with Crippen LogP contribution in [0.2, 0.25) is 0 Å². The Hall–Kier alpha value is -1.97. The molecule has 1 N–H and O–H groups in total. The lowest BCUT2D eigenvalue weighted by Crippen LogP contribution is -2.39. The van der Waals surface area contributed by atoms with Crippen LogP contribution in [0.25, 0.3) is 0 Å². The van der Waals surface area contributed by atoms with Crippen LogP contribution in [0.1, 0.15) is 64.6 Å². The summed E-state index contributed by atoms with van der Waals surface area (Å²) in [5.41, 5.74) is 0.644. The summed E-state index contributed by atoms with van der Waals surface area (Å²) in [5, 5.41) is 3.12. The molecule has 0 atom stereocenters. The van der Waals surface area contributed by atoms with Gasteiger partial charge in [-0.15, -0.1) is 11.3 Å². The van der Waals surface area contributed by atoms with Gasteiger partial charge in [-0.05, 0) is 39.3 Å². The van der Waals surface area contributed by atoms with Gasteiger partial charge < -0.3 is 19.5 Å². The normalized spacial score (nSPS) is 14.6.